The van der Waals surface area contributed by atoms with Crippen LogP contribution in [0, 0.1) is 0 Å². The first-order chi connectivity index (χ1) is 9.73. The normalized spacial score (nSPS) is 12.9. The lowest BCUT2D eigenvalue weighted by Gasteiger charge is -2.24. The third kappa shape index (κ3) is 6.48. The number of amides is 1. The lowest BCUT2D eigenvalue weighted by molar-refractivity contribution is -0.124. The monoisotopic (exact) mass is 356 g/mol. The predicted molar refractivity (Wildman–Crippen MR) is 89.5 cm³/mol. The van der Waals surface area contributed by atoms with E-state index in [4.69, 9.17) is 10.5 Å². The number of nitrogens with one attached hydrogen (secondary N) is 1. The summed E-state index contributed by atoms with van der Waals surface area (Å²) >= 11 is 3.46. The Morgan fingerprint density at radius 3 is 2.67 bits per heavy atom. The summed E-state index contributed by atoms with van der Waals surface area (Å²) in [7, 11) is 0. The zero-order valence-electron chi connectivity index (χ0n) is 13.2. The van der Waals surface area contributed by atoms with Gasteiger partial charge in [0.25, 0.3) is 5.91 Å². The Morgan fingerprint density at radius 2 is 2.14 bits per heavy atom. The summed E-state index contributed by atoms with van der Waals surface area (Å²) in [6.45, 7) is 7.99. The first kappa shape index (κ1) is 18.0. The molecule has 0 aliphatic carbocycles. The maximum Gasteiger partial charge on any atom is 0.258 e. The largest absolute Gasteiger partial charge is 0.483 e. The fraction of sp³-hybridized carbons (Fsp3) is 0.562. The molecule has 5 heteroatoms. The number of carbonyl (C=O) groups excluding carboxylic acids is 1. The molecule has 3 N–H and O–H groups in total. The van der Waals surface area contributed by atoms with Crippen LogP contribution in [0.15, 0.2) is 22.7 Å². The molecule has 0 saturated heterocycles. The standard InChI is InChI=1S/C16H25BrN2O2/c1-5-16(3,4)19-15(20)10-21-14-7-6-12(8-11(2)18)9-13(14)17/h6-7,9,11H,5,8,10,18H2,1-4H3,(H,19,20). The minimum absolute atomic E-state index is 0.00860. The molecule has 0 aliphatic rings. The molecule has 1 aromatic carbocycles. The number of halogens is 1. The van der Waals surface area contributed by atoms with Crippen LogP contribution in [-0.4, -0.2) is 24.1 Å². The Labute approximate surface area is 135 Å². The van der Waals surface area contributed by atoms with Crippen LogP contribution in [-0.2, 0) is 11.2 Å². The van der Waals surface area contributed by atoms with Gasteiger partial charge in [-0.3, -0.25) is 4.79 Å². The average Bonchev–Trinajstić information content (AvgIpc) is 2.36. The molecule has 0 bridgehead atoms. The van der Waals surface area contributed by atoms with E-state index in [1.807, 2.05) is 45.9 Å². The molecule has 0 radical (unpaired) electrons. The van der Waals surface area contributed by atoms with Gasteiger partial charge in [0, 0.05) is 11.6 Å². The number of ether oxygens (including phenoxy) is 1. The van der Waals surface area contributed by atoms with Crippen molar-refractivity contribution in [3.63, 3.8) is 0 Å². The summed E-state index contributed by atoms with van der Waals surface area (Å²) in [4.78, 5) is 11.8. The van der Waals surface area contributed by atoms with Crippen LogP contribution in [0.1, 0.15) is 39.7 Å². The molecule has 1 aromatic rings. The number of carbonyl (C=O) groups is 1. The van der Waals surface area contributed by atoms with Crippen molar-refractivity contribution >= 4 is 21.8 Å². The highest BCUT2D eigenvalue weighted by molar-refractivity contribution is 9.10. The molecule has 4 nitrogen and oxygen atoms in total. The van der Waals surface area contributed by atoms with Gasteiger partial charge in [0.15, 0.2) is 6.61 Å². The van der Waals surface area contributed by atoms with E-state index in [0.717, 1.165) is 22.9 Å². The smallest absolute Gasteiger partial charge is 0.258 e. The van der Waals surface area contributed by atoms with Crippen LogP contribution in [0.5, 0.6) is 5.75 Å². The first-order valence-electron chi connectivity index (χ1n) is 7.21. The van der Waals surface area contributed by atoms with Gasteiger partial charge >= 0.3 is 0 Å². The molecule has 0 aromatic heterocycles. The molecule has 0 spiro atoms. The molecule has 21 heavy (non-hydrogen) atoms. The number of benzene rings is 1. The maximum atomic E-state index is 11.8. The Bertz CT molecular complexity index is 487. The highest BCUT2D eigenvalue weighted by atomic mass is 79.9. The van der Waals surface area contributed by atoms with Crippen molar-refractivity contribution in [2.45, 2.75) is 52.1 Å². The predicted octanol–water partition coefficient (Wildman–Crippen LogP) is 3.02. The van der Waals surface area contributed by atoms with Crippen LogP contribution >= 0.6 is 15.9 Å². The maximum absolute atomic E-state index is 11.8. The van der Waals surface area contributed by atoms with Gasteiger partial charge in [0.1, 0.15) is 5.75 Å². The van der Waals surface area contributed by atoms with E-state index in [0.29, 0.717) is 5.75 Å². The molecule has 0 heterocycles. The molecule has 0 aliphatic heterocycles. The topological polar surface area (TPSA) is 64.3 Å². The SMILES string of the molecule is CCC(C)(C)NC(=O)COc1ccc(CC(C)N)cc1Br. The van der Waals surface area contributed by atoms with E-state index in [-0.39, 0.29) is 24.1 Å². The van der Waals surface area contributed by atoms with E-state index < -0.39 is 0 Å². The fourth-order valence-electron chi connectivity index (χ4n) is 1.81. The summed E-state index contributed by atoms with van der Waals surface area (Å²) < 4.78 is 6.40. The van der Waals surface area contributed by atoms with Crippen molar-refractivity contribution in [1.29, 1.82) is 0 Å². The summed E-state index contributed by atoms with van der Waals surface area (Å²) in [5.41, 5.74) is 6.71. The Balaban J connectivity index is 2.58. The number of hydrogen-bond donors (Lipinski definition) is 2. The van der Waals surface area contributed by atoms with Gasteiger partial charge < -0.3 is 15.8 Å². The third-order valence-electron chi connectivity index (χ3n) is 3.27. The third-order valence-corrected chi connectivity index (χ3v) is 3.89. The van der Waals surface area contributed by atoms with Crippen LogP contribution in [0.2, 0.25) is 0 Å². The Kier molecular flexibility index (Phi) is 6.68. The number of nitrogens with two attached hydrogens (primary N) is 1. The Morgan fingerprint density at radius 1 is 1.48 bits per heavy atom. The van der Waals surface area contributed by atoms with Gasteiger partial charge in [-0.05, 0) is 67.2 Å². The molecule has 1 rings (SSSR count). The molecular formula is C16H25BrN2O2. The van der Waals surface area contributed by atoms with Gasteiger partial charge in [-0.15, -0.1) is 0 Å². The lowest BCUT2D eigenvalue weighted by Crippen LogP contribution is -2.44. The molecule has 1 atom stereocenters. The van der Waals surface area contributed by atoms with Crippen LogP contribution in [0.4, 0.5) is 0 Å². The minimum Gasteiger partial charge on any atom is -0.483 e. The second kappa shape index (κ2) is 7.80. The first-order valence-corrected chi connectivity index (χ1v) is 8.00. The molecular weight excluding hydrogens is 332 g/mol. The number of rotatable bonds is 7. The quantitative estimate of drug-likeness (QED) is 0.789. The lowest BCUT2D eigenvalue weighted by atomic mass is 10.0. The van der Waals surface area contributed by atoms with E-state index in [2.05, 4.69) is 21.2 Å². The summed E-state index contributed by atoms with van der Waals surface area (Å²) in [6.07, 6.45) is 1.68. The van der Waals surface area contributed by atoms with Crippen molar-refractivity contribution in [3.8, 4) is 5.75 Å². The molecule has 0 saturated carbocycles. The number of hydrogen-bond acceptors (Lipinski definition) is 3. The van der Waals surface area contributed by atoms with E-state index >= 15 is 0 Å². The molecule has 118 valence electrons. The van der Waals surface area contributed by atoms with Gasteiger partial charge in [-0.2, -0.15) is 0 Å². The molecule has 1 unspecified atom stereocenters. The minimum atomic E-state index is -0.210. The summed E-state index contributed by atoms with van der Waals surface area (Å²) in [5.74, 6) is 0.543. The summed E-state index contributed by atoms with van der Waals surface area (Å²) in [5, 5.41) is 2.94. The van der Waals surface area contributed by atoms with E-state index in [1.54, 1.807) is 0 Å². The van der Waals surface area contributed by atoms with Crippen LogP contribution in [0.25, 0.3) is 0 Å². The van der Waals surface area contributed by atoms with Gasteiger partial charge in [0.05, 0.1) is 4.47 Å². The van der Waals surface area contributed by atoms with Gasteiger partial charge in [0.2, 0.25) is 0 Å². The highest BCUT2D eigenvalue weighted by Gasteiger charge is 2.18. The van der Waals surface area contributed by atoms with Crippen LogP contribution in [0.3, 0.4) is 0 Å². The van der Waals surface area contributed by atoms with Crippen molar-refractivity contribution in [2.24, 2.45) is 5.73 Å². The van der Waals surface area contributed by atoms with Gasteiger partial charge in [-0.1, -0.05) is 13.0 Å². The van der Waals surface area contributed by atoms with Crippen molar-refractivity contribution in [1.82, 2.24) is 5.32 Å². The Hall–Kier alpha value is -1.07. The molecule has 1 amide bonds. The molecule has 0 fully saturated rings. The zero-order chi connectivity index (χ0) is 16.0. The average molecular weight is 357 g/mol. The van der Waals surface area contributed by atoms with E-state index in [9.17, 15) is 4.79 Å². The highest BCUT2D eigenvalue weighted by Crippen LogP contribution is 2.26. The fourth-order valence-corrected chi connectivity index (χ4v) is 2.35. The second-order valence-corrected chi connectivity index (χ2v) is 6.87. The van der Waals surface area contributed by atoms with E-state index in [1.165, 1.54) is 0 Å². The van der Waals surface area contributed by atoms with Crippen LogP contribution < -0.4 is 15.8 Å². The summed E-state index contributed by atoms with van der Waals surface area (Å²) in [6, 6.07) is 5.93. The van der Waals surface area contributed by atoms with Gasteiger partial charge in [-0.25, -0.2) is 0 Å². The zero-order valence-corrected chi connectivity index (χ0v) is 14.8. The second-order valence-electron chi connectivity index (χ2n) is 6.02. The van der Waals surface area contributed by atoms with Crippen molar-refractivity contribution < 1.29 is 9.53 Å². The van der Waals surface area contributed by atoms with Crippen molar-refractivity contribution in [3.05, 3.63) is 28.2 Å². The van der Waals surface area contributed by atoms with Crippen molar-refractivity contribution in [2.75, 3.05) is 6.61 Å².